The number of nitrogens with zero attached hydrogens (tertiary/aromatic N) is 5. The summed E-state index contributed by atoms with van der Waals surface area (Å²) in [5, 5.41) is 4.72. The molecule has 0 bridgehead atoms. The fourth-order valence-corrected chi connectivity index (χ4v) is 9.06. The van der Waals surface area contributed by atoms with Gasteiger partial charge in [-0.05, 0) is 51.6 Å². The van der Waals surface area contributed by atoms with Crippen molar-refractivity contribution in [2.75, 3.05) is 0 Å². The summed E-state index contributed by atoms with van der Waals surface area (Å²) in [6.07, 6.45) is 0. The molecule has 0 atom stereocenters. The first-order chi connectivity index (χ1) is 25.6. The first-order valence-electron chi connectivity index (χ1n) is 18.6. The minimum atomic E-state index is -0.0304. The van der Waals surface area contributed by atoms with Crippen LogP contribution in [0.25, 0.3) is 78.0 Å². The number of rotatable bonds is 4. The second-order valence-corrected chi connectivity index (χ2v) is 16.2. The highest BCUT2D eigenvalue weighted by Crippen LogP contribution is 2.61. The summed E-state index contributed by atoms with van der Waals surface area (Å²) in [4.78, 5) is 15.6. The monoisotopic (exact) mass is 687 g/mol. The molecule has 0 spiro atoms. The lowest BCUT2D eigenvalue weighted by molar-refractivity contribution is 0.125. The van der Waals surface area contributed by atoms with Crippen LogP contribution in [0.5, 0.6) is 0 Å². The Balaban J connectivity index is 1.35. The van der Waals surface area contributed by atoms with Crippen LogP contribution in [0, 0.1) is 5.41 Å². The molecule has 0 unspecified atom stereocenters. The molecule has 0 N–H and O–H groups in total. The molecule has 0 fully saturated rings. The van der Waals surface area contributed by atoms with Crippen molar-refractivity contribution in [1.82, 2.24) is 24.1 Å². The Kier molecular flexibility index (Phi) is 6.55. The van der Waals surface area contributed by atoms with E-state index in [1.54, 1.807) is 0 Å². The molecule has 3 heterocycles. The molecule has 53 heavy (non-hydrogen) atoms. The molecule has 0 saturated carbocycles. The zero-order chi connectivity index (χ0) is 36.3. The lowest BCUT2D eigenvalue weighted by atomic mass is 9.59. The lowest BCUT2D eigenvalue weighted by Crippen LogP contribution is -2.42. The number of hydrogen-bond donors (Lipinski definition) is 0. The first kappa shape index (κ1) is 31.6. The van der Waals surface area contributed by atoms with Gasteiger partial charge in [-0.25, -0.2) is 4.98 Å². The quantitative estimate of drug-likeness (QED) is 0.185. The standard InChI is InChI=1S/C48H41N5/c1-46(2)37-28-25-32(29-38(37)47(3,4)48(46,5)6)52-39-23-15-13-21-33(39)35-26-27-36-34-22-14-16-24-40(34)53(42(36)41(35)52)45-50-43(30-17-9-7-10-18-30)49-44(51-45)31-19-11-8-12-20-31/h7-29H,1-6H3. The van der Waals surface area contributed by atoms with Crippen LogP contribution < -0.4 is 0 Å². The van der Waals surface area contributed by atoms with Crippen molar-refractivity contribution < 1.29 is 0 Å². The summed E-state index contributed by atoms with van der Waals surface area (Å²) in [6.45, 7) is 14.5. The molecule has 0 aliphatic heterocycles. The van der Waals surface area contributed by atoms with Gasteiger partial charge in [0, 0.05) is 38.4 Å². The van der Waals surface area contributed by atoms with Crippen LogP contribution >= 0.6 is 0 Å². The van der Waals surface area contributed by atoms with E-state index in [0.717, 1.165) is 44.1 Å². The van der Waals surface area contributed by atoms with Crippen molar-refractivity contribution >= 4 is 43.6 Å². The van der Waals surface area contributed by atoms with Gasteiger partial charge in [0.25, 0.3) is 0 Å². The molecule has 3 aromatic heterocycles. The maximum atomic E-state index is 5.26. The number of hydrogen-bond acceptors (Lipinski definition) is 3. The van der Waals surface area contributed by atoms with Gasteiger partial charge in [0.05, 0.1) is 22.1 Å². The summed E-state index contributed by atoms with van der Waals surface area (Å²) in [5.41, 5.74) is 10.4. The van der Waals surface area contributed by atoms with Crippen molar-refractivity contribution in [3.05, 3.63) is 151 Å². The second-order valence-electron chi connectivity index (χ2n) is 16.2. The summed E-state index contributed by atoms with van der Waals surface area (Å²) in [7, 11) is 0. The fraction of sp³-hybridized carbons (Fsp3) is 0.188. The molecule has 0 saturated heterocycles. The summed E-state index contributed by atoms with van der Waals surface area (Å²) >= 11 is 0. The van der Waals surface area contributed by atoms with Gasteiger partial charge in [-0.1, -0.05) is 157 Å². The Morgan fingerprint density at radius 2 is 0.887 bits per heavy atom. The van der Waals surface area contributed by atoms with Gasteiger partial charge in [0.2, 0.25) is 5.95 Å². The van der Waals surface area contributed by atoms with Crippen molar-refractivity contribution in [1.29, 1.82) is 0 Å². The molecule has 6 aromatic carbocycles. The number of benzene rings is 6. The van der Waals surface area contributed by atoms with Gasteiger partial charge in [-0.3, -0.25) is 4.57 Å². The fourth-order valence-electron chi connectivity index (χ4n) is 9.06. The molecule has 9 aromatic rings. The molecule has 1 aliphatic carbocycles. The highest BCUT2D eigenvalue weighted by Gasteiger charge is 2.56. The molecule has 258 valence electrons. The van der Waals surface area contributed by atoms with E-state index >= 15 is 0 Å². The van der Waals surface area contributed by atoms with Gasteiger partial charge in [-0.15, -0.1) is 0 Å². The van der Waals surface area contributed by atoms with Crippen LogP contribution in [-0.2, 0) is 10.8 Å². The molecule has 10 rings (SSSR count). The molecule has 5 heteroatoms. The Hall–Kier alpha value is -6.07. The van der Waals surface area contributed by atoms with Crippen LogP contribution in [-0.4, -0.2) is 24.1 Å². The normalized spacial score (nSPS) is 15.8. The van der Waals surface area contributed by atoms with Crippen LogP contribution in [0.3, 0.4) is 0 Å². The molecule has 0 radical (unpaired) electrons. The molecule has 5 nitrogen and oxygen atoms in total. The Morgan fingerprint density at radius 3 is 1.45 bits per heavy atom. The topological polar surface area (TPSA) is 48.5 Å². The van der Waals surface area contributed by atoms with E-state index in [1.807, 2.05) is 36.4 Å². The van der Waals surface area contributed by atoms with Crippen molar-refractivity contribution in [2.45, 2.75) is 52.4 Å². The maximum Gasteiger partial charge on any atom is 0.238 e. The average molecular weight is 688 g/mol. The third kappa shape index (κ3) is 4.28. The van der Waals surface area contributed by atoms with Crippen molar-refractivity contribution in [3.8, 4) is 34.4 Å². The van der Waals surface area contributed by atoms with Crippen LogP contribution in [0.1, 0.15) is 52.7 Å². The van der Waals surface area contributed by atoms with Gasteiger partial charge < -0.3 is 4.57 Å². The van der Waals surface area contributed by atoms with Gasteiger partial charge in [0.15, 0.2) is 11.6 Å². The van der Waals surface area contributed by atoms with Crippen LogP contribution in [0.15, 0.2) is 140 Å². The Bertz CT molecular complexity index is 2850. The zero-order valence-corrected chi connectivity index (χ0v) is 31.0. The number of para-hydroxylation sites is 2. The zero-order valence-electron chi connectivity index (χ0n) is 31.0. The van der Waals surface area contributed by atoms with E-state index < -0.39 is 0 Å². The summed E-state index contributed by atoms with van der Waals surface area (Å²) in [6, 6.07) is 49.6. The first-order valence-corrected chi connectivity index (χ1v) is 18.6. The number of aromatic nitrogens is 5. The smallest absolute Gasteiger partial charge is 0.238 e. The SMILES string of the molecule is CC1(C)c2ccc(-n3c4ccccc4c4ccc5c6ccccc6n(-c6nc(-c7ccccc7)nc(-c7ccccc7)n6)c5c43)cc2C(C)(C)C1(C)C. The largest absolute Gasteiger partial charge is 0.307 e. The summed E-state index contributed by atoms with van der Waals surface area (Å²) < 4.78 is 4.75. The minimum Gasteiger partial charge on any atom is -0.307 e. The molecule has 1 aliphatic rings. The predicted molar refractivity (Wildman–Crippen MR) is 219 cm³/mol. The third-order valence-electron chi connectivity index (χ3n) is 13.1. The van der Waals surface area contributed by atoms with Gasteiger partial charge in [0.1, 0.15) is 0 Å². The third-order valence-corrected chi connectivity index (χ3v) is 13.1. The number of fused-ring (bicyclic) bond motifs is 8. The second kappa shape index (κ2) is 11.0. The van der Waals surface area contributed by atoms with E-state index in [1.165, 1.54) is 27.4 Å². The van der Waals surface area contributed by atoms with Crippen molar-refractivity contribution in [2.24, 2.45) is 5.41 Å². The maximum absolute atomic E-state index is 5.26. The van der Waals surface area contributed by atoms with Crippen LogP contribution in [0.4, 0.5) is 0 Å². The van der Waals surface area contributed by atoms with Crippen molar-refractivity contribution in [3.63, 3.8) is 0 Å². The Morgan fingerprint density at radius 1 is 0.415 bits per heavy atom. The highest BCUT2D eigenvalue weighted by atomic mass is 15.2. The molecular formula is C48H41N5. The van der Waals surface area contributed by atoms with E-state index in [9.17, 15) is 0 Å². The van der Waals surface area contributed by atoms with Gasteiger partial charge >= 0.3 is 0 Å². The predicted octanol–water partition coefficient (Wildman–Crippen LogP) is 12.0. The van der Waals surface area contributed by atoms with Crippen LogP contribution in [0.2, 0.25) is 0 Å². The van der Waals surface area contributed by atoms with E-state index in [2.05, 4.69) is 154 Å². The van der Waals surface area contributed by atoms with E-state index in [4.69, 9.17) is 15.0 Å². The van der Waals surface area contributed by atoms with Gasteiger partial charge in [-0.2, -0.15) is 9.97 Å². The Labute approximate surface area is 309 Å². The average Bonchev–Trinajstić information content (AvgIpc) is 3.74. The molecule has 0 amide bonds. The van der Waals surface area contributed by atoms with E-state index in [0.29, 0.717) is 17.6 Å². The lowest BCUT2D eigenvalue weighted by Gasteiger charge is -2.44. The van der Waals surface area contributed by atoms with E-state index in [-0.39, 0.29) is 16.2 Å². The minimum absolute atomic E-state index is 0.0243. The summed E-state index contributed by atoms with van der Waals surface area (Å²) in [5.74, 6) is 1.87. The highest BCUT2D eigenvalue weighted by molar-refractivity contribution is 6.23. The molecular weight excluding hydrogens is 647 g/mol.